The van der Waals surface area contributed by atoms with Crippen LogP contribution in [0.25, 0.3) is 0 Å². The van der Waals surface area contributed by atoms with Gasteiger partial charge in [0, 0.05) is 23.5 Å². The standard InChI is InChI=1S/C20H20N4O4/c1-26-15-6-4-5-13(11-15)22-20(25)16-8-10-19(24-23-16)21-14-7-9-17(27-2)18(12-14)28-3/h4-12H,1-3H3,(H,21,24)(H,22,25). The van der Waals surface area contributed by atoms with Crippen molar-refractivity contribution >= 4 is 23.1 Å². The first kappa shape index (κ1) is 19.0. The van der Waals surface area contributed by atoms with Crippen LogP contribution in [0.15, 0.2) is 54.6 Å². The van der Waals surface area contributed by atoms with Crippen LogP contribution in [0.3, 0.4) is 0 Å². The van der Waals surface area contributed by atoms with Crippen molar-refractivity contribution in [1.29, 1.82) is 0 Å². The number of rotatable bonds is 7. The van der Waals surface area contributed by atoms with Gasteiger partial charge in [-0.2, -0.15) is 0 Å². The molecule has 0 spiro atoms. The number of benzene rings is 2. The Labute approximate surface area is 162 Å². The Morgan fingerprint density at radius 1 is 0.821 bits per heavy atom. The second kappa shape index (κ2) is 8.72. The summed E-state index contributed by atoms with van der Waals surface area (Å²) in [6.45, 7) is 0. The molecule has 0 radical (unpaired) electrons. The summed E-state index contributed by atoms with van der Waals surface area (Å²) >= 11 is 0. The number of nitrogens with one attached hydrogen (secondary N) is 2. The zero-order chi connectivity index (χ0) is 19.9. The quantitative estimate of drug-likeness (QED) is 0.648. The molecule has 1 amide bonds. The average Bonchev–Trinajstić information content (AvgIpc) is 2.74. The van der Waals surface area contributed by atoms with Gasteiger partial charge in [-0.25, -0.2) is 0 Å². The Morgan fingerprint density at radius 2 is 1.64 bits per heavy atom. The highest BCUT2D eigenvalue weighted by Gasteiger charge is 2.10. The second-order valence-corrected chi connectivity index (χ2v) is 5.68. The van der Waals surface area contributed by atoms with Gasteiger partial charge in [-0.3, -0.25) is 4.79 Å². The molecule has 2 N–H and O–H groups in total. The molecule has 0 aliphatic rings. The molecule has 0 saturated heterocycles. The number of nitrogens with zero attached hydrogens (tertiary/aromatic N) is 2. The van der Waals surface area contributed by atoms with Crippen LogP contribution < -0.4 is 24.8 Å². The molecule has 1 aromatic heterocycles. The molecule has 3 rings (SSSR count). The first-order valence-electron chi connectivity index (χ1n) is 8.41. The van der Waals surface area contributed by atoms with Crippen LogP contribution in [0.1, 0.15) is 10.5 Å². The fourth-order valence-corrected chi connectivity index (χ4v) is 2.48. The number of anilines is 3. The Balaban J connectivity index is 1.68. The van der Waals surface area contributed by atoms with E-state index in [9.17, 15) is 4.79 Å². The van der Waals surface area contributed by atoms with Crippen LogP contribution >= 0.6 is 0 Å². The smallest absolute Gasteiger partial charge is 0.276 e. The number of carbonyl (C=O) groups excluding carboxylic acids is 1. The largest absolute Gasteiger partial charge is 0.497 e. The summed E-state index contributed by atoms with van der Waals surface area (Å²) in [7, 11) is 4.71. The van der Waals surface area contributed by atoms with Crippen LogP contribution in [0.4, 0.5) is 17.2 Å². The summed E-state index contributed by atoms with van der Waals surface area (Å²) in [6, 6.07) is 15.7. The van der Waals surface area contributed by atoms with E-state index >= 15 is 0 Å². The lowest BCUT2D eigenvalue weighted by atomic mass is 10.2. The van der Waals surface area contributed by atoms with E-state index in [1.54, 1.807) is 69.9 Å². The zero-order valence-corrected chi connectivity index (χ0v) is 15.7. The minimum Gasteiger partial charge on any atom is -0.497 e. The lowest BCUT2D eigenvalue weighted by Gasteiger charge is -2.11. The molecule has 0 bridgehead atoms. The summed E-state index contributed by atoms with van der Waals surface area (Å²) in [5.74, 6) is 2.00. The summed E-state index contributed by atoms with van der Waals surface area (Å²) < 4.78 is 15.6. The van der Waals surface area contributed by atoms with Crippen molar-refractivity contribution < 1.29 is 19.0 Å². The molecular weight excluding hydrogens is 360 g/mol. The van der Waals surface area contributed by atoms with Gasteiger partial charge in [0.2, 0.25) is 0 Å². The molecule has 0 aliphatic heterocycles. The molecule has 0 atom stereocenters. The Kier molecular flexibility index (Phi) is 5.91. The number of methoxy groups -OCH3 is 3. The van der Waals surface area contributed by atoms with Gasteiger partial charge in [0.1, 0.15) is 5.75 Å². The van der Waals surface area contributed by atoms with Gasteiger partial charge < -0.3 is 24.8 Å². The molecule has 3 aromatic rings. The molecule has 0 unspecified atom stereocenters. The van der Waals surface area contributed by atoms with E-state index < -0.39 is 0 Å². The zero-order valence-electron chi connectivity index (χ0n) is 15.7. The van der Waals surface area contributed by atoms with Gasteiger partial charge in [0.15, 0.2) is 23.0 Å². The Bertz CT molecular complexity index is 961. The van der Waals surface area contributed by atoms with Crippen molar-refractivity contribution in [2.45, 2.75) is 0 Å². The van der Waals surface area contributed by atoms with Crippen molar-refractivity contribution in [3.05, 3.63) is 60.3 Å². The monoisotopic (exact) mass is 380 g/mol. The van der Waals surface area contributed by atoms with Gasteiger partial charge in [0.05, 0.1) is 21.3 Å². The highest BCUT2D eigenvalue weighted by atomic mass is 16.5. The highest BCUT2D eigenvalue weighted by molar-refractivity contribution is 6.02. The number of ether oxygens (including phenoxy) is 3. The summed E-state index contributed by atoms with van der Waals surface area (Å²) in [5.41, 5.74) is 1.56. The average molecular weight is 380 g/mol. The van der Waals surface area contributed by atoms with Gasteiger partial charge in [-0.1, -0.05) is 6.07 Å². The minimum absolute atomic E-state index is 0.195. The van der Waals surface area contributed by atoms with E-state index in [2.05, 4.69) is 20.8 Å². The molecule has 0 saturated carbocycles. The lowest BCUT2D eigenvalue weighted by Crippen LogP contribution is -2.14. The van der Waals surface area contributed by atoms with Gasteiger partial charge >= 0.3 is 0 Å². The summed E-state index contributed by atoms with van der Waals surface area (Å²) in [5, 5.41) is 13.9. The van der Waals surface area contributed by atoms with Crippen molar-refractivity contribution in [2.24, 2.45) is 0 Å². The molecule has 0 aliphatic carbocycles. The van der Waals surface area contributed by atoms with E-state index in [0.29, 0.717) is 28.8 Å². The van der Waals surface area contributed by atoms with Crippen LogP contribution in [0.5, 0.6) is 17.2 Å². The number of aromatic nitrogens is 2. The molecule has 0 fully saturated rings. The van der Waals surface area contributed by atoms with E-state index in [1.165, 1.54) is 0 Å². The van der Waals surface area contributed by atoms with Crippen LogP contribution in [0.2, 0.25) is 0 Å². The number of carbonyl (C=O) groups is 1. The van der Waals surface area contributed by atoms with Crippen molar-refractivity contribution in [3.8, 4) is 17.2 Å². The van der Waals surface area contributed by atoms with Crippen molar-refractivity contribution in [1.82, 2.24) is 10.2 Å². The molecule has 8 nitrogen and oxygen atoms in total. The number of amides is 1. The maximum Gasteiger partial charge on any atom is 0.276 e. The fourth-order valence-electron chi connectivity index (χ4n) is 2.48. The molecule has 2 aromatic carbocycles. The minimum atomic E-state index is -0.363. The van der Waals surface area contributed by atoms with Crippen LogP contribution in [0, 0.1) is 0 Å². The van der Waals surface area contributed by atoms with E-state index in [1.807, 2.05) is 6.07 Å². The third-order valence-corrected chi connectivity index (χ3v) is 3.88. The van der Waals surface area contributed by atoms with E-state index in [4.69, 9.17) is 14.2 Å². The van der Waals surface area contributed by atoms with Gasteiger partial charge in [-0.05, 0) is 36.4 Å². The molecule has 1 heterocycles. The Hall–Kier alpha value is -3.81. The first-order valence-corrected chi connectivity index (χ1v) is 8.41. The summed E-state index contributed by atoms with van der Waals surface area (Å²) in [4.78, 5) is 12.3. The third-order valence-electron chi connectivity index (χ3n) is 3.88. The van der Waals surface area contributed by atoms with Gasteiger partial charge in [0.25, 0.3) is 5.91 Å². The molecule has 8 heteroatoms. The van der Waals surface area contributed by atoms with E-state index in [0.717, 1.165) is 5.69 Å². The van der Waals surface area contributed by atoms with Crippen molar-refractivity contribution in [2.75, 3.05) is 32.0 Å². The van der Waals surface area contributed by atoms with E-state index in [-0.39, 0.29) is 11.6 Å². The first-order chi connectivity index (χ1) is 13.6. The topological polar surface area (TPSA) is 94.6 Å². The Morgan fingerprint density at radius 3 is 2.32 bits per heavy atom. The van der Waals surface area contributed by atoms with Crippen molar-refractivity contribution in [3.63, 3.8) is 0 Å². The lowest BCUT2D eigenvalue weighted by molar-refractivity contribution is 0.102. The molecular formula is C20H20N4O4. The SMILES string of the molecule is COc1cccc(NC(=O)c2ccc(Nc3ccc(OC)c(OC)c3)nn2)c1. The fraction of sp³-hybridized carbons (Fsp3) is 0.150. The normalized spacial score (nSPS) is 10.1. The van der Waals surface area contributed by atoms with Crippen LogP contribution in [-0.4, -0.2) is 37.4 Å². The van der Waals surface area contributed by atoms with Gasteiger partial charge in [-0.15, -0.1) is 10.2 Å². The molecule has 144 valence electrons. The maximum absolute atomic E-state index is 12.3. The summed E-state index contributed by atoms with van der Waals surface area (Å²) in [6.07, 6.45) is 0. The molecule has 28 heavy (non-hydrogen) atoms. The second-order valence-electron chi connectivity index (χ2n) is 5.68. The predicted octanol–water partition coefficient (Wildman–Crippen LogP) is 3.50. The highest BCUT2D eigenvalue weighted by Crippen LogP contribution is 2.30. The number of hydrogen-bond acceptors (Lipinski definition) is 7. The van der Waals surface area contributed by atoms with Crippen LogP contribution in [-0.2, 0) is 0 Å². The third kappa shape index (κ3) is 4.47. The maximum atomic E-state index is 12.3. The predicted molar refractivity (Wildman–Crippen MR) is 106 cm³/mol. The number of hydrogen-bond donors (Lipinski definition) is 2.